The quantitative estimate of drug-likeness (QED) is 0.125. The number of hydrogen-bond acceptors (Lipinski definition) is 5. The molecule has 4 rings (SSSR count). The van der Waals surface area contributed by atoms with Crippen LogP contribution < -0.4 is 0 Å². The fourth-order valence-electron chi connectivity index (χ4n) is 11.3. The predicted molar refractivity (Wildman–Crippen MR) is 174 cm³/mol. The summed E-state index contributed by atoms with van der Waals surface area (Å²) in [4.78, 5) is 27.8. The second-order valence-corrected chi connectivity index (χ2v) is 15.3. The van der Waals surface area contributed by atoms with E-state index in [-0.39, 0.29) is 35.0 Å². The summed E-state index contributed by atoms with van der Waals surface area (Å²) in [6.45, 7) is 27.1. The summed E-state index contributed by atoms with van der Waals surface area (Å²) in [5.41, 5.74) is 0.251. The van der Waals surface area contributed by atoms with Crippen LogP contribution in [0.1, 0.15) is 120 Å². The van der Waals surface area contributed by atoms with Gasteiger partial charge < -0.3 is 14.0 Å². The van der Waals surface area contributed by atoms with Crippen LogP contribution in [0.5, 0.6) is 0 Å². The van der Waals surface area contributed by atoms with Crippen LogP contribution in [0.15, 0.2) is 12.7 Å². The summed E-state index contributed by atoms with van der Waals surface area (Å²) in [6.07, 6.45) is 12.8. The van der Waals surface area contributed by atoms with Gasteiger partial charge in [-0.2, -0.15) is 0 Å². The number of carbonyl (C=O) groups is 2. The lowest BCUT2D eigenvalue weighted by Crippen LogP contribution is -2.61. The highest BCUT2D eigenvalue weighted by Gasteiger charge is 2.67. The zero-order chi connectivity index (χ0) is 31.6. The van der Waals surface area contributed by atoms with Crippen molar-refractivity contribution in [3.63, 3.8) is 0 Å². The largest absolute Gasteiger partial charge is 0.461 e. The highest BCUT2D eigenvalue weighted by Crippen LogP contribution is 2.67. The van der Waals surface area contributed by atoms with Crippen molar-refractivity contribution in [2.75, 3.05) is 32.7 Å². The molecule has 0 heterocycles. The lowest BCUT2D eigenvalue weighted by atomic mass is 9.44. The summed E-state index contributed by atoms with van der Waals surface area (Å²) in [5, 5.41) is 0. The molecule has 0 N–H and O–H groups in total. The van der Waals surface area contributed by atoms with Gasteiger partial charge in [0.15, 0.2) is 6.10 Å². The number of likely N-dealkylation sites (N-methyl/N-ethyl adjacent to an activating group) is 2. The Bertz CT molecular complexity index is 986. The van der Waals surface area contributed by atoms with Crippen molar-refractivity contribution in [2.45, 2.75) is 144 Å². The minimum Gasteiger partial charge on any atom is -0.461 e. The summed E-state index contributed by atoms with van der Waals surface area (Å²) in [7, 11) is 0. The van der Waals surface area contributed by atoms with Crippen molar-refractivity contribution in [2.24, 2.45) is 34.5 Å². The zero-order valence-electron chi connectivity index (χ0n) is 29.0. The Labute approximate surface area is 263 Å². The molecule has 4 aliphatic rings. The Morgan fingerprint density at radius 3 is 2.30 bits per heavy atom. The zero-order valence-corrected chi connectivity index (χ0v) is 29.0. The van der Waals surface area contributed by atoms with Gasteiger partial charge >= 0.3 is 11.9 Å². The van der Waals surface area contributed by atoms with Crippen LogP contribution in [-0.2, 0) is 19.1 Å². The Morgan fingerprint density at radius 2 is 1.72 bits per heavy atom. The van der Waals surface area contributed by atoms with Crippen LogP contribution in [-0.4, -0.2) is 78.3 Å². The molecule has 0 aliphatic heterocycles. The molecule has 0 aromatic carbocycles. The molecule has 11 atom stereocenters. The topological polar surface area (TPSA) is 55.8 Å². The second-order valence-electron chi connectivity index (χ2n) is 15.3. The summed E-state index contributed by atoms with van der Waals surface area (Å²) in [5.74, 6) is 2.31. The lowest BCUT2D eigenvalue weighted by Gasteiger charge is -2.62. The van der Waals surface area contributed by atoms with Crippen LogP contribution in [0.4, 0.5) is 0 Å². The van der Waals surface area contributed by atoms with E-state index in [0.717, 1.165) is 75.7 Å². The molecule has 0 aromatic rings. The predicted octanol–water partition coefficient (Wildman–Crippen LogP) is 7.40. The molecule has 6 heteroatoms. The molecule has 4 aliphatic carbocycles. The highest BCUT2D eigenvalue weighted by atomic mass is 16.5. The third-order valence-corrected chi connectivity index (χ3v) is 13.3. The van der Waals surface area contributed by atoms with E-state index in [0.29, 0.717) is 42.2 Å². The molecule has 2 unspecified atom stereocenters. The van der Waals surface area contributed by atoms with Gasteiger partial charge in [0.2, 0.25) is 0 Å². The van der Waals surface area contributed by atoms with Crippen molar-refractivity contribution in [3.8, 4) is 0 Å². The molecule has 4 fully saturated rings. The van der Waals surface area contributed by atoms with E-state index in [4.69, 9.17) is 9.47 Å². The highest BCUT2D eigenvalue weighted by molar-refractivity contribution is 5.69. The smallest absolute Gasteiger partial charge is 0.306 e. The molecular weight excluding hydrogens is 536 g/mol. The molecule has 4 saturated carbocycles. The minimum atomic E-state index is -0.137. The standard InChI is InChI=1S/C37H65N2O4/c1-10-20-38(14-5)31-25-37(9)27(23-33(31)42-26(7)40)16-17-28-29(37)18-19-36(8)30(28)24-32(35(36)43-34(41)13-4)39(15-6,21-11-2)22-12-3/h11,27-33,35H,2,10,12-25H2,1,3-9H3/q+1/t27-,28+,29-,30-,31-,32-,33-,35-,36?,37-,39?/m0/s1. The first-order chi connectivity index (χ1) is 20.5. The van der Waals surface area contributed by atoms with Gasteiger partial charge in [-0.15, -0.1) is 0 Å². The van der Waals surface area contributed by atoms with E-state index in [9.17, 15) is 9.59 Å². The molecule has 43 heavy (non-hydrogen) atoms. The third kappa shape index (κ3) is 6.22. The van der Waals surface area contributed by atoms with Gasteiger partial charge in [0.25, 0.3) is 0 Å². The van der Waals surface area contributed by atoms with E-state index >= 15 is 0 Å². The maximum absolute atomic E-state index is 13.0. The van der Waals surface area contributed by atoms with Gasteiger partial charge in [-0.3, -0.25) is 14.5 Å². The van der Waals surface area contributed by atoms with Crippen molar-refractivity contribution < 1.29 is 23.5 Å². The Balaban J connectivity index is 1.70. The second kappa shape index (κ2) is 13.9. The van der Waals surface area contributed by atoms with Crippen LogP contribution in [0, 0.1) is 34.5 Å². The SMILES string of the molecule is C=CC[N+](CC)(CCC)[C@H]1C[C@H]2[C@@H]3CC[C@H]4C[C@H](OC(C)=O)[C@@H](N(CC)CCC)C[C@]4(C)[C@H]3CCC2(C)[C@H]1OC(=O)CC. The van der Waals surface area contributed by atoms with Crippen LogP contribution >= 0.6 is 0 Å². The van der Waals surface area contributed by atoms with Crippen LogP contribution in [0.3, 0.4) is 0 Å². The maximum Gasteiger partial charge on any atom is 0.306 e. The number of hydrogen-bond donors (Lipinski definition) is 0. The molecule has 0 radical (unpaired) electrons. The van der Waals surface area contributed by atoms with Crippen molar-refractivity contribution >= 4 is 11.9 Å². The van der Waals surface area contributed by atoms with Crippen molar-refractivity contribution in [1.29, 1.82) is 0 Å². The van der Waals surface area contributed by atoms with E-state index < -0.39 is 0 Å². The van der Waals surface area contributed by atoms with Gasteiger partial charge in [0, 0.05) is 31.2 Å². The van der Waals surface area contributed by atoms with Crippen LogP contribution in [0.25, 0.3) is 0 Å². The van der Waals surface area contributed by atoms with Crippen molar-refractivity contribution in [1.82, 2.24) is 4.90 Å². The number of quaternary nitrogens is 1. The molecule has 0 saturated heterocycles. The van der Waals surface area contributed by atoms with E-state index in [1.54, 1.807) is 6.92 Å². The van der Waals surface area contributed by atoms with E-state index in [2.05, 4.69) is 59.1 Å². The average Bonchev–Trinajstić information content (AvgIpc) is 3.27. The first-order valence-electron chi connectivity index (χ1n) is 18.1. The average molecular weight is 602 g/mol. The first kappa shape index (κ1) is 34.5. The number of esters is 2. The van der Waals surface area contributed by atoms with Gasteiger partial charge in [0.1, 0.15) is 12.1 Å². The van der Waals surface area contributed by atoms with E-state index in [1.807, 2.05) is 6.92 Å². The van der Waals surface area contributed by atoms with Gasteiger partial charge in [0.05, 0.1) is 19.6 Å². The maximum atomic E-state index is 13.0. The Kier molecular flexibility index (Phi) is 11.2. The number of fused-ring (bicyclic) bond motifs is 5. The molecule has 246 valence electrons. The molecular formula is C37H65N2O4+. The fraction of sp³-hybridized carbons (Fsp3) is 0.892. The van der Waals surface area contributed by atoms with E-state index in [1.165, 1.54) is 19.3 Å². The van der Waals surface area contributed by atoms with Crippen LogP contribution in [0.2, 0.25) is 0 Å². The molecule has 0 bridgehead atoms. The third-order valence-electron chi connectivity index (χ3n) is 13.3. The monoisotopic (exact) mass is 601 g/mol. The number of carbonyl (C=O) groups excluding carboxylic acids is 2. The Morgan fingerprint density at radius 1 is 0.977 bits per heavy atom. The van der Waals surface area contributed by atoms with Gasteiger partial charge in [-0.1, -0.05) is 48.1 Å². The molecule has 0 aromatic heterocycles. The van der Waals surface area contributed by atoms with Crippen molar-refractivity contribution in [3.05, 3.63) is 12.7 Å². The number of rotatable bonds is 13. The van der Waals surface area contributed by atoms with Gasteiger partial charge in [-0.25, -0.2) is 0 Å². The number of ether oxygens (including phenoxy) is 2. The Hall–Kier alpha value is -1.40. The summed E-state index contributed by atoms with van der Waals surface area (Å²) < 4.78 is 13.6. The normalized spacial score (nSPS) is 40.1. The fourth-order valence-corrected chi connectivity index (χ4v) is 11.3. The first-order valence-corrected chi connectivity index (χ1v) is 18.1. The number of nitrogens with zero attached hydrogens (tertiary/aromatic N) is 2. The van der Waals surface area contributed by atoms with Gasteiger partial charge in [-0.05, 0) is 107 Å². The molecule has 6 nitrogen and oxygen atoms in total. The minimum absolute atomic E-state index is 0.00315. The molecule has 0 spiro atoms. The summed E-state index contributed by atoms with van der Waals surface area (Å²) >= 11 is 0. The molecule has 0 amide bonds. The summed E-state index contributed by atoms with van der Waals surface area (Å²) in [6, 6.07) is 0.614. The lowest BCUT2D eigenvalue weighted by molar-refractivity contribution is -0.947.